The van der Waals surface area contributed by atoms with Crippen LogP contribution in [0, 0.1) is 5.92 Å². The van der Waals surface area contributed by atoms with E-state index in [0.29, 0.717) is 5.41 Å². The first kappa shape index (κ1) is 15.6. The van der Waals surface area contributed by atoms with Gasteiger partial charge in [0.15, 0.2) is 0 Å². The molecular weight excluding hydrogens is 302 g/mol. The molecule has 2 aromatic rings. The SMILES string of the molecule is CCC[C@]12C[C@H]1C[C@]1(C)c3ccccc3[C@](C)(c3ccccc32)N1C. The Morgan fingerprint density at radius 1 is 0.880 bits per heavy atom. The zero-order chi connectivity index (χ0) is 17.4. The summed E-state index contributed by atoms with van der Waals surface area (Å²) in [7, 11) is 2.35. The van der Waals surface area contributed by atoms with Crippen LogP contribution < -0.4 is 0 Å². The minimum Gasteiger partial charge on any atom is -0.283 e. The third kappa shape index (κ3) is 1.68. The molecule has 2 heterocycles. The molecule has 2 aromatic carbocycles. The lowest BCUT2D eigenvalue weighted by Crippen LogP contribution is -2.48. The summed E-state index contributed by atoms with van der Waals surface area (Å²) in [6.07, 6.45) is 5.27. The summed E-state index contributed by atoms with van der Waals surface area (Å²) in [5.74, 6) is 0.816. The van der Waals surface area contributed by atoms with Crippen LogP contribution >= 0.6 is 0 Å². The Labute approximate surface area is 152 Å². The molecule has 130 valence electrons. The third-order valence-corrected chi connectivity index (χ3v) is 8.00. The summed E-state index contributed by atoms with van der Waals surface area (Å²) in [6.45, 7) is 7.29. The van der Waals surface area contributed by atoms with E-state index in [2.05, 4.69) is 81.2 Å². The minimum absolute atomic E-state index is 0.0315. The van der Waals surface area contributed by atoms with Crippen LogP contribution in [0.2, 0.25) is 0 Å². The monoisotopic (exact) mass is 331 g/mol. The second-order valence-corrected chi connectivity index (χ2v) is 9.01. The molecule has 3 aliphatic rings. The van der Waals surface area contributed by atoms with Gasteiger partial charge in [-0.3, -0.25) is 4.90 Å². The van der Waals surface area contributed by atoms with Gasteiger partial charge in [0.1, 0.15) is 0 Å². The van der Waals surface area contributed by atoms with E-state index in [9.17, 15) is 0 Å². The quantitative estimate of drug-likeness (QED) is 0.695. The van der Waals surface area contributed by atoms with Gasteiger partial charge in [0.25, 0.3) is 0 Å². The van der Waals surface area contributed by atoms with E-state index < -0.39 is 0 Å². The molecule has 1 heteroatoms. The molecule has 2 bridgehead atoms. The van der Waals surface area contributed by atoms with Crippen LogP contribution in [0.4, 0.5) is 0 Å². The second-order valence-electron chi connectivity index (χ2n) is 9.01. The third-order valence-electron chi connectivity index (χ3n) is 8.00. The maximum absolute atomic E-state index is 2.68. The van der Waals surface area contributed by atoms with Gasteiger partial charge in [-0.2, -0.15) is 0 Å². The molecule has 4 atom stereocenters. The van der Waals surface area contributed by atoms with E-state index in [1.54, 1.807) is 16.7 Å². The fraction of sp³-hybridized carbons (Fsp3) is 0.500. The van der Waals surface area contributed by atoms with Crippen molar-refractivity contribution in [2.24, 2.45) is 5.92 Å². The van der Waals surface area contributed by atoms with Crippen LogP contribution in [0.15, 0.2) is 48.5 Å². The molecule has 0 aromatic heterocycles. The lowest BCUT2D eigenvalue weighted by atomic mass is 9.75. The average molecular weight is 332 g/mol. The highest BCUT2D eigenvalue weighted by Crippen LogP contribution is 2.68. The molecule has 1 aliphatic carbocycles. The van der Waals surface area contributed by atoms with E-state index in [4.69, 9.17) is 0 Å². The van der Waals surface area contributed by atoms with Gasteiger partial charge in [-0.1, -0.05) is 61.9 Å². The first-order chi connectivity index (χ1) is 12.0. The van der Waals surface area contributed by atoms with Gasteiger partial charge in [0, 0.05) is 5.54 Å². The van der Waals surface area contributed by atoms with Crippen molar-refractivity contribution in [3.8, 4) is 0 Å². The topological polar surface area (TPSA) is 3.24 Å². The van der Waals surface area contributed by atoms with Crippen LogP contribution in [0.3, 0.4) is 0 Å². The highest BCUT2D eigenvalue weighted by molar-refractivity contribution is 5.57. The summed E-state index contributed by atoms with van der Waals surface area (Å²) >= 11 is 0. The number of fused-ring (bicyclic) bond motifs is 9. The van der Waals surface area contributed by atoms with Crippen molar-refractivity contribution < 1.29 is 0 Å². The maximum Gasteiger partial charge on any atom is 0.0697 e. The van der Waals surface area contributed by atoms with Crippen molar-refractivity contribution in [2.75, 3.05) is 7.05 Å². The van der Waals surface area contributed by atoms with Crippen molar-refractivity contribution in [3.63, 3.8) is 0 Å². The molecule has 0 unspecified atom stereocenters. The Morgan fingerprint density at radius 2 is 1.44 bits per heavy atom. The van der Waals surface area contributed by atoms with Crippen molar-refractivity contribution in [1.82, 2.24) is 4.90 Å². The van der Waals surface area contributed by atoms with Gasteiger partial charge >= 0.3 is 0 Å². The Morgan fingerprint density at radius 3 is 2.08 bits per heavy atom. The van der Waals surface area contributed by atoms with E-state index in [1.807, 2.05) is 0 Å². The summed E-state index contributed by atoms with van der Waals surface area (Å²) < 4.78 is 0. The molecular formula is C24H29N. The normalized spacial score (nSPS) is 38.3. The molecule has 1 saturated carbocycles. The predicted molar refractivity (Wildman–Crippen MR) is 104 cm³/mol. The first-order valence-electron chi connectivity index (χ1n) is 9.92. The van der Waals surface area contributed by atoms with Crippen molar-refractivity contribution in [3.05, 3.63) is 70.8 Å². The molecule has 0 spiro atoms. The highest BCUT2D eigenvalue weighted by Gasteiger charge is 2.64. The van der Waals surface area contributed by atoms with Crippen LogP contribution in [0.1, 0.15) is 68.7 Å². The Balaban J connectivity index is 1.85. The van der Waals surface area contributed by atoms with Crippen LogP contribution in [0.5, 0.6) is 0 Å². The number of rotatable bonds is 2. The molecule has 0 amide bonds. The number of benzene rings is 2. The Hall–Kier alpha value is -1.60. The zero-order valence-electron chi connectivity index (χ0n) is 16.0. The van der Waals surface area contributed by atoms with Gasteiger partial charge < -0.3 is 0 Å². The lowest BCUT2D eigenvalue weighted by molar-refractivity contribution is 0.0539. The molecule has 5 rings (SSSR count). The summed E-state index contributed by atoms with van der Waals surface area (Å²) in [5, 5.41) is 0. The van der Waals surface area contributed by atoms with Gasteiger partial charge in [0.05, 0.1) is 5.54 Å². The molecule has 0 radical (unpaired) electrons. The summed E-state index contributed by atoms with van der Waals surface area (Å²) in [6, 6.07) is 18.6. The Bertz CT molecular complexity index is 855. The summed E-state index contributed by atoms with van der Waals surface area (Å²) in [4.78, 5) is 2.68. The van der Waals surface area contributed by atoms with E-state index in [0.717, 1.165) is 5.92 Å². The Kier molecular flexibility index (Phi) is 2.98. The molecule has 1 nitrogen and oxygen atoms in total. The number of hydrogen-bond acceptors (Lipinski definition) is 1. The van der Waals surface area contributed by atoms with E-state index in [-0.39, 0.29) is 11.1 Å². The van der Waals surface area contributed by atoms with Gasteiger partial charge in [-0.25, -0.2) is 0 Å². The summed E-state index contributed by atoms with van der Waals surface area (Å²) in [5.41, 5.74) is 6.78. The second kappa shape index (κ2) is 4.76. The van der Waals surface area contributed by atoms with Crippen LogP contribution in [-0.2, 0) is 16.5 Å². The average Bonchev–Trinajstić information content (AvgIpc) is 3.28. The van der Waals surface area contributed by atoms with E-state index >= 15 is 0 Å². The van der Waals surface area contributed by atoms with Crippen LogP contribution in [-0.4, -0.2) is 11.9 Å². The molecule has 0 saturated heterocycles. The van der Waals surface area contributed by atoms with Crippen molar-refractivity contribution >= 4 is 0 Å². The minimum atomic E-state index is -0.0315. The van der Waals surface area contributed by atoms with Crippen molar-refractivity contribution in [1.29, 1.82) is 0 Å². The zero-order valence-corrected chi connectivity index (χ0v) is 16.0. The van der Waals surface area contributed by atoms with Gasteiger partial charge in [-0.05, 0) is 73.7 Å². The van der Waals surface area contributed by atoms with Crippen molar-refractivity contribution in [2.45, 2.75) is 62.9 Å². The molecule has 25 heavy (non-hydrogen) atoms. The van der Waals surface area contributed by atoms with E-state index in [1.165, 1.54) is 31.2 Å². The van der Waals surface area contributed by atoms with Gasteiger partial charge in [0.2, 0.25) is 0 Å². The lowest BCUT2D eigenvalue weighted by Gasteiger charge is -2.46. The highest BCUT2D eigenvalue weighted by atomic mass is 15.3. The first-order valence-corrected chi connectivity index (χ1v) is 9.92. The molecule has 1 fully saturated rings. The van der Waals surface area contributed by atoms with Gasteiger partial charge in [-0.15, -0.1) is 0 Å². The number of nitrogens with zero attached hydrogens (tertiary/aromatic N) is 1. The standard InChI is InChI=1S/C24H29N/c1-5-14-24-16-17(24)15-22(2)18-10-6-7-11-19(18)23(3,25(22)4)20-12-8-9-13-21(20)24/h6-13,17H,5,14-16H2,1-4H3/t17-,22-,23-,24+/m1/s1. The fourth-order valence-corrected chi connectivity index (χ4v) is 6.49. The maximum atomic E-state index is 2.68. The smallest absolute Gasteiger partial charge is 0.0697 e. The molecule has 2 aliphatic heterocycles. The van der Waals surface area contributed by atoms with Crippen LogP contribution in [0.25, 0.3) is 0 Å². The number of hydrogen-bond donors (Lipinski definition) is 0. The molecule has 0 N–H and O–H groups in total. The predicted octanol–water partition coefficient (Wildman–Crippen LogP) is 5.57. The largest absolute Gasteiger partial charge is 0.283 e. The fourth-order valence-electron chi connectivity index (χ4n) is 6.49.